The van der Waals surface area contributed by atoms with E-state index in [2.05, 4.69) is 0 Å². The molecule has 3 aromatic rings. The SMILES string of the molecule is Cc1ccc(-n2c(=C(C#N)C#N)s/c(=C/c3ccc(F)c(F)c3)c2=O)cc1F. The van der Waals surface area contributed by atoms with Crippen molar-refractivity contribution in [2.45, 2.75) is 6.92 Å². The molecule has 0 spiro atoms. The van der Waals surface area contributed by atoms with Gasteiger partial charge >= 0.3 is 0 Å². The minimum atomic E-state index is -1.08. The summed E-state index contributed by atoms with van der Waals surface area (Å²) in [7, 11) is 0. The number of hydrogen-bond donors (Lipinski definition) is 0. The van der Waals surface area contributed by atoms with Crippen LogP contribution in [-0.2, 0) is 0 Å². The summed E-state index contributed by atoms with van der Waals surface area (Å²) in [6.07, 6.45) is 1.31. The van der Waals surface area contributed by atoms with Crippen molar-refractivity contribution in [3.8, 4) is 17.8 Å². The van der Waals surface area contributed by atoms with Crippen molar-refractivity contribution in [1.29, 1.82) is 10.5 Å². The van der Waals surface area contributed by atoms with Gasteiger partial charge in [0.25, 0.3) is 5.56 Å². The zero-order valence-corrected chi connectivity index (χ0v) is 15.1. The van der Waals surface area contributed by atoms with Crippen molar-refractivity contribution in [2.75, 3.05) is 0 Å². The van der Waals surface area contributed by atoms with Crippen LogP contribution in [-0.4, -0.2) is 4.57 Å². The molecule has 0 amide bonds. The van der Waals surface area contributed by atoms with Crippen molar-refractivity contribution in [3.05, 3.63) is 84.5 Å². The van der Waals surface area contributed by atoms with Crippen molar-refractivity contribution < 1.29 is 13.2 Å². The number of aryl methyl sites for hydroxylation is 1. The fourth-order valence-electron chi connectivity index (χ4n) is 2.48. The van der Waals surface area contributed by atoms with Crippen LogP contribution < -0.4 is 14.8 Å². The van der Waals surface area contributed by atoms with E-state index in [1.807, 2.05) is 0 Å². The van der Waals surface area contributed by atoms with Crippen LogP contribution in [0.5, 0.6) is 0 Å². The van der Waals surface area contributed by atoms with Crippen LogP contribution >= 0.6 is 11.3 Å². The van der Waals surface area contributed by atoms with Gasteiger partial charge in [-0.2, -0.15) is 10.5 Å². The normalized spacial score (nSPS) is 11.1. The van der Waals surface area contributed by atoms with Gasteiger partial charge in [0.2, 0.25) is 0 Å². The van der Waals surface area contributed by atoms with E-state index in [-0.39, 0.29) is 26.0 Å². The molecule has 3 rings (SSSR count). The van der Waals surface area contributed by atoms with Gasteiger partial charge in [-0.15, -0.1) is 11.3 Å². The van der Waals surface area contributed by atoms with Gasteiger partial charge < -0.3 is 0 Å². The third-order valence-corrected chi connectivity index (χ3v) is 5.01. The minimum absolute atomic E-state index is 0.0205. The number of nitriles is 2. The second-order valence-electron chi connectivity index (χ2n) is 5.76. The summed E-state index contributed by atoms with van der Waals surface area (Å²) in [6.45, 7) is 1.56. The van der Waals surface area contributed by atoms with E-state index in [0.717, 1.165) is 34.1 Å². The predicted molar refractivity (Wildman–Crippen MR) is 98.4 cm³/mol. The molecule has 0 bridgehead atoms. The molecule has 138 valence electrons. The van der Waals surface area contributed by atoms with Gasteiger partial charge in [-0.25, -0.2) is 13.2 Å². The van der Waals surface area contributed by atoms with Crippen LogP contribution in [0.3, 0.4) is 0 Å². The van der Waals surface area contributed by atoms with Crippen LogP contribution in [0.2, 0.25) is 0 Å². The average molecular weight is 397 g/mol. The van der Waals surface area contributed by atoms with Crippen LogP contribution in [0, 0.1) is 47.0 Å². The number of thiazole rings is 1. The zero-order chi connectivity index (χ0) is 20.4. The van der Waals surface area contributed by atoms with Gasteiger partial charge in [-0.3, -0.25) is 9.36 Å². The van der Waals surface area contributed by atoms with Gasteiger partial charge in [0.1, 0.15) is 22.6 Å². The molecule has 2 aromatic carbocycles. The molecule has 28 heavy (non-hydrogen) atoms. The summed E-state index contributed by atoms with van der Waals surface area (Å²) >= 11 is 0.827. The van der Waals surface area contributed by atoms with Gasteiger partial charge in [-0.05, 0) is 48.4 Å². The van der Waals surface area contributed by atoms with E-state index in [4.69, 9.17) is 0 Å². The topological polar surface area (TPSA) is 69.6 Å². The first-order chi connectivity index (χ1) is 13.3. The summed E-state index contributed by atoms with van der Waals surface area (Å²) < 4.78 is 41.7. The number of nitrogens with zero attached hydrogens (tertiary/aromatic N) is 3. The Kier molecular flexibility index (Phi) is 5.16. The number of rotatable bonds is 2. The Morgan fingerprint density at radius 1 is 1.04 bits per heavy atom. The Hall–Kier alpha value is -3.62. The molecular weight excluding hydrogens is 387 g/mol. The quantitative estimate of drug-likeness (QED) is 0.668. The minimum Gasteiger partial charge on any atom is -0.267 e. The van der Waals surface area contributed by atoms with Crippen LogP contribution in [0.4, 0.5) is 13.2 Å². The summed E-state index contributed by atoms with van der Waals surface area (Å²) in [5, 5.41) is 18.4. The molecule has 0 unspecified atom stereocenters. The Balaban J connectivity index is 2.39. The Bertz CT molecular complexity index is 1340. The van der Waals surface area contributed by atoms with Gasteiger partial charge in [-0.1, -0.05) is 12.1 Å². The third-order valence-electron chi connectivity index (χ3n) is 3.92. The standard InChI is InChI=1S/C20H10F3N3OS/c1-11-2-4-14(8-16(11)22)26-19(27)18(28-20(26)13(9-24)10-25)7-12-3-5-15(21)17(23)6-12/h2-8H,1H3/b18-7+. The molecule has 0 fully saturated rings. The Morgan fingerprint density at radius 3 is 2.36 bits per heavy atom. The molecule has 0 N–H and O–H groups in total. The highest BCUT2D eigenvalue weighted by Gasteiger charge is 2.13. The van der Waals surface area contributed by atoms with E-state index in [1.165, 1.54) is 24.3 Å². The van der Waals surface area contributed by atoms with Crippen LogP contribution in [0.25, 0.3) is 17.3 Å². The lowest BCUT2D eigenvalue weighted by molar-refractivity contribution is 0.508. The first-order valence-corrected chi connectivity index (χ1v) is 8.67. The van der Waals surface area contributed by atoms with Crippen molar-refractivity contribution >= 4 is 23.0 Å². The lowest BCUT2D eigenvalue weighted by Crippen LogP contribution is -2.30. The molecule has 0 atom stereocenters. The lowest BCUT2D eigenvalue weighted by Gasteiger charge is -2.04. The first kappa shape index (κ1) is 19.2. The fourth-order valence-corrected chi connectivity index (χ4v) is 3.53. The summed E-state index contributed by atoms with van der Waals surface area (Å²) in [6, 6.07) is 10.6. The third kappa shape index (κ3) is 3.46. The molecule has 0 aliphatic heterocycles. The number of hydrogen-bond acceptors (Lipinski definition) is 4. The maximum Gasteiger partial charge on any atom is 0.273 e. The van der Waals surface area contributed by atoms with E-state index in [1.54, 1.807) is 19.1 Å². The highest BCUT2D eigenvalue weighted by Crippen LogP contribution is 2.12. The van der Waals surface area contributed by atoms with Gasteiger partial charge in [0, 0.05) is 0 Å². The number of benzene rings is 2. The molecule has 0 radical (unpaired) electrons. The van der Waals surface area contributed by atoms with E-state index in [0.29, 0.717) is 5.56 Å². The predicted octanol–water partition coefficient (Wildman–Crippen LogP) is 2.65. The van der Waals surface area contributed by atoms with Crippen molar-refractivity contribution in [3.63, 3.8) is 0 Å². The largest absolute Gasteiger partial charge is 0.273 e. The van der Waals surface area contributed by atoms with Crippen LogP contribution in [0.15, 0.2) is 41.2 Å². The molecule has 0 aliphatic carbocycles. The fraction of sp³-hybridized carbons (Fsp3) is 0.0500. The molecule has 0 aliphatic rings. The zero-order valence-electron chi connectivity index (χ0n) is 14.3. The molecule has 0 saturated carbocycles. The second kappa shape index (κ2) is 7.55. The molecule has 0 saturated heterocycles. The lowest BCUT2D eigenvalue weighted by atomic mass is 10.2. The maximum atomic E-state index is 14.0. The summed E-state index contributed by atoms with van der Waals surface area (Å²) in [5.74, 6) is -2.66. The van der Waals surface area contributed by atoms with E-state index in [9.17, 15) is 28.5 Å². The molecule has 1 heterocycles. The number of aromatic nitrogens is 1. The first-order valence-electron chi connectivity index (χ1n) is 7.85. The molecule has 1 aromatic heterocycles. The Labute approximate surface area is 161 Å². The van der Waals surface area contributed by atoms with Gasteiger partial charge in [0.15, 0.2) is 17.2 Å². The smallest absolute Gasteiger partial charge is 0.267 e. The van der Waals surface area contributed by atoms with Crippen molar-refractivity contribution in [1.82, 2.24) is 4.57 Å². The number of halogens is 3. The van der Waals surface area contributed by atoms with Gasteiger partial charge in [0.05, 0.1) is 10.2 Å². The molecular formula is C20H10F3N3OS. The Morgan fingerprint density at radius 2 is 1.75 bits per heavy atom. The van der Waals surface area contributed by atoms with Crippen LogP contribution in [0.1, 0.15) is 11.1 Å². The van der Waals surface area contributed by atoms with Crippen molar-refractivity contribution in [2.24, 2.45) is 0 Å². The monoisotopic (exact) mass is 397 g/mol. The molecule has 8 heteroatoms. The second-order valence-corrected chi connectivity index (χ2v) is 6.79. The molecule has 4 nitrogen and oxygen atoms in total. The highest BCUT2D eigenvalue weighted by atomic mass is 32.1. The summed E-state index contributed by atoms with van der Waals surface area (Å²) in [4.78, 5) is 12.9. The van der Waals surface area contributed by atoms with E-state index >= 15 is 0 Å². The average Bonchev–Trinajstić information content (AvgIpc) is 2.98. The summed E-state index contributed by atoms with van der Waals surface area (Å²) in [5.41, 5.74) is -0.204. The van der Waals surface area contributed by atoms with E-state index < -0.39 is 23.0 Å². The highest BCUT2D eigenvalue weighted by molar-refractivity contribution is 7.07. The maximum absolute atomic E-state index is 14.0.